The zero-order valence-electron chi connectivity index (χ0n) is 14.6. The molecule has 0 saturated heterocycles. The summed E-state index contributed by atoms with van der Waals surface area (Å²) in [5.41, 5.74) is 1.42. The zero-order chi connectivity index (χ0) is 18.3. The van der Waals surface area contributed by atoms with Crippen molar-refractivity contribution in [3.05, 3.63) is 35.9 Å². The van der Waals surface area contributed by atoms with Gasteiger partial charge in [-0.3, -0.25) is 0 Å². The second kappa shape index (κ2) is 6.56. The highest BCUT2D eigenvalue weighted by atomic mass is 19.1. The number of nitrogens with zero attached hydrogens (tertiary/aromatic N) is 4. The monoisotopic (exact) mass is 352 g/mol. The van der Waals surface area contributed by atoms with E-state index in [1.807, 2.05) is 24.1 Å². The fourth-order valence-electron chi connectivity index (χ4n) is 4.42. The van der Waals surface area contributed by atoms with Crippen LogP contribution in [0.4, 0.5) is 10.2 Å². The van der Waals surface area contributed by atoms with Gasteiger partial charge in [0.05, 0.1) is 23.4 Å². The summed E-state index contributed by atoms with van der Waals surface area (Å²) in [6.45, 7) is 0. The van der Waals surface area contributed by atoms with Crippen LogP contribution in [-0.4, -0.2) is 34.6 Å². The van der Waals surface area contributed by atoms with Crippen molar-refractivity contribution < 1.29 is 9.50 Å². The molecule has 1 heterocycles. The van der Waals surface area contributed by atoms with Crippen LogP contribution in [0, 0.1) is 23.2 Å². The zero-order valence-corrected chi connectivity index (χ0v) is 14.6. The Morgan fingerprint density at radius 2 is 2.04 bits per heavy atom. The molecule has 1 N–H and O–H groups in total. The van der Waals surface area contributed by atoms with Crippen LogP contribution in [-0.2, 0) is 0 Å². The number of anilines is 1. The number of phenols is 1. The summed E-state index contributed by atoms with van der Waals surface area (Å²) in [6, 6.07) is 10.1. The molecule has 0 aliphatic heterocycles. The molecule has 26 heavy (non-hydrogen) atoms. The summed E-state index contributed by atoms with van der Waals surface area (Å²) in [4.78, 5) is 1.91. The van der Waals surface area contributed by atoms with E-state index in [2.05, 4.69) is 10.2 Å². The van der Waals surface area contributed by atoms with Crippen LogP contribution in [0.5, 0.6) is 5.75 Å². The molecule has 2 aliphatic carbocycles. The Morgan fingerprint density at radius 3 is 2.73 bits per heavy atom. The number of rotatable bonds is 3. The Morgan fingerprint density at radius 1 is 1.19 bits per heavy atom. The molecule has 0 unspecified atom stereocenters. The molecule has 0 radical (unpaired) electrons. The minimum absolute atomic E-state index is 0.00728. The largest absolute Gasteiger partial charge is 0.507 e. The maximum atomic E-state index is 14.8. The van der Waals surface area contributed by atoms with Crippen molar-refractivity contribution >= 4 is 5.82 Å². The predicted octanol–water partition coefficient (Wildman–Crippen LogP) is 3.68. The van der Waals surface area contributed by atoms with Gasteiger partial charge in [0.2, 0.25) is 0 Å². The fourth-order valence-corrected chi connectivity index (χ4v) is 4.42. The van der Waals surface area contributed by atoms with Crippen LogP contribution in [0.3, 0.4) is 0 Å². The van der Waals surface area contributed by atoms with Gasteiger partial charge in [0.25, 0.3) is 0 Å². The molecule has 1 aromatic carbocycles. The van der Waals surface area contributed by atoms with E-state index < -0.39 is 6.17 Å². The molecular weight excluding hydrogens is 331 g/mol. The van der Waals surface area contributed by atoms with Gasteiger partial charge in [0, 0.05) is 12.6 Å². The summed E-state index contributed by atoms with van der Waals surface area (Å²) in [5, 5.41) is 27.4. The number of hydrogen-bond donors (Lipinski definition) is 1. The third-order valence-corrected chi connectivity index (χ3v) is 5.89. The van der Waals surface area contributed by atoms with E-state index in [1.54, 1.807) is 18.2 Å². The molecular formula is C20H21FN4O. The second-order valence-electron chi connectivity index (χ2n) is 7.42. The number of aromatic hydroxyl groups is 1. The van der Waals surface area contributed by atoms with E-state index in [0.717, 1.165) is 25.7 Å². The summed E-state index contributed by atoms with van der Waals surface area (Å²) in [6.07, 6.45) is 3.21. The van der Waals surface area contributed by atoms with Gasteiger partial charge >= 0.3 is 0 Å². The molecule has 1 aromatic heterocycles. The minimum atomic E-state index is -0.817. The first kappa shape index (κ1) is 16.8. The highest BCUT2D eigenvalue weighted by molar-refractivity contribution is 5.68. The Bertz CT molecular complexity index is 848. The number of aromatic nitrogens is 2. The molecule has 2 saturated carbocycles. The van der Waals surface area contributed by atoms with E-state index in [0.29, 0.717) is 28.6 Å². The van der Waals surface area contributed by atoms with Crippen LogP contribution in [0.2, 0.25) is 0 Å². The van der Waals surface area contributed by atoms with Crippen molar-refractivity contribution in [1.82, 2.24) is 10.2 Å². The number of nitriles is 1. The topological polar surface area (TPSA) is 73.0 Å². The second-order valence-corrected chi connectivity index (χ2v) is 7.42. The van der Waals surface area contributed by atoms with Crippen LogP contribution < -0.4 is 4.90 Å². The van der Waals surface area contributed by atoms with E-state index in [-0.39, 0.29) is 17.7 Å². The molecule has 2 aliphatic rings. The number of hydrogen-bond acceptors (Lipinski definition) is 5. The maximum Gasteiger partial charge on any atom is 0.151 e. The van der Waals surface area contributed by atoms with Crippen LogP contribution in [0.1, 0.15) is 31.2 Å². The van der Waals surface area contributed by atoms with Gasteiger partial charge in [-0.15, -0.1) is 10.2 Å². The summed E-state index contributed by atoms with van der Waals surface area (Å²) in [7, 11) is 1.88. The lowest BCUT2D eigenvalue weighted by Crippen LogP contribution is -2.46. The number of alkyl halides is 1. The number of halogens is 1. The van der Waals surface area contributed by atoms with E-state index >= 15 is 0 Å². The van der Waals surface area contributed by atoms with Crippen molar-refractivity contribution in [1.29, 1.82) is 5.26 Å². The third kappa shape index (κ3) is 2.88. The quantitative estimate of drug-likeness (QED) is 0.912. The van der Waals surface area contributed by atoms with Crippen LogP contribution in [0.25, 0.3) is 11.3 Å². The summed E-state index contributed by atoms with van der Waals surface area (Å²) < 4.78 is 14.8. The molecule has 0 spiro atoms. The SMILES string of the molecule is CN(c1ccc(-c2ccc(C#N)cc2O)nn1)[C@H]1C[C@@H]2CC[C@@H](C2)[C@H]1F. The van der Waals surface area contributed by atoms with Crippen molar-refractivity contribution in [2.45, 2.75) is 37.9 Å². The van der Waals surface area contributed by atoms with Gasteiger partial charge in [-0.2, -0.15) is 5.26 Å². The first-order valence-corrected chi connectivity index (χ1v) is 9.01. The molecule has 0 amide bonds. The van der Waals surface area contributed by atoms with Crippen LogP contribution >= 0.6 is 0 Å². The lowest BCUT2D eigenvalue weighted by molar-refractivity contribution is 0.144. The smallest absolute Gasteiger partial charge is 0.151 e. The Balaban J connectivity index is 1.55. The normalized spacial score (nSPS) is 27.1. The Hall–Kier alpha value is -2.68. The molecule has 2 aromatic rings. The molecule has 4 rings (SSSR count). The van der Waals surface area contributed by atoms with Gasteiger partial charge in [-0.05, 0) is 67.9 Å². The van der Waals surface area contributed by atoms with Crippen molar-refractivity contribution in [2.24, 2.45) is 11.8 Å². The highest BCUT2D eigenvalue weighted by Crippen LogP contribution is 2.45. The van der Waals surface area contributed by atoms with E-state index in [1.165, 1.54) is 6.07 Å². The summed E-state index contributed by atoms with van der Waals surface area (Å²) >= 11 is 0. The standard InChI is InChI=1S/C20H21FN4O/c1-25(17-9-12-2-4-14(8-12)20(17)21)19-7-6-16(23-24-19)15-5-3-13(11-22)10-18(15)26/h3,5-7,10,12,14,17,20,26H,2,4,8-9H2,1H3/t12-,14+,17+,20-/m1/s1. The van der Waals surface area contributed by atoms with E-state index in [4.69, 9.17) is 5.26 Å². The Labute approximate surface area is 152 Å². The Kier molecular flexibility index (Phi) is 4.23. The van der Waals surface area contributed by atoms with Crippen molar-refractivity contribution in [2.75, 3.05) is 11.9 Å². The molecule has 134 valence electrons. The lowest BCUT2D eigenvalue weighted by atomic mass is 9.83. The average Bonchev–Trinajstić information content (AvgIpc) is 3.08. The molecule has 5 nitrogen and oxygen atoms in total. The van der Waals surface area contributed by atoms with Crippen LogP contribution in [0.15, 0.2) is 30.3 Å². The summed E-state index contributed by atoms with van der Waals surface area (Å²) in [5.74, 6) is 1.44. The van der Waals surface area contributed by atoms with Gasteiger partial charge in [-0.25, -0.2) is 4.39 Å². The lowest BCUT2D eigenvalue weighted by Gasteiger charge is -2.38. The van der Waals surface area contributed by atoms with Crippen molar-refractivity contribution in [3.8, 4) is 23.1 Å². The molecule has 4 atom stereocenters. The number of phenolic OH excluding ortho intramolecular Hbond substituents is 1. The van der Waals surface area contributed by atoms with Crippen molar-refractivity contribution in [3.63, 3.8) is 0 Å². The predicted molar refractivity (Wildman–Crippen MR) is 96.4 cm³/mol. The van der Waals surface area contributed by atoms with Gasteiger partial charge in [0.1, 0.15) is 11.9 Å². The highest BCUT2D eigenvalue weighted by Gasteiger charge is 2.44. The van der Waals surface area contributed by atoms with Gasteiger partial charge in [0.15, 0.2) is 5.82 Å². The maximum absolute atomic E-state index is 14.8. The minimum Gasteiger partial charge on any atom is -0.507 e. The number of benzene rings is 1. The van der Waals surface area contributed by atoms with Gasteiger partial charge < -0.3 is 10.0 Å². The van der Waals surface area contributed by atoms with E-state index in [9.17, 15) is 9.50 Å². The molecule has 6 heteroatoms. The fraction of sp³-hybridized carbons (Fsp3) is 0.450. The number of fused-ring (bicyclic) bond motifs is 2. The van der Waals surface area contributed by atoms with Gasteiger partial charge in [-0.1, -0.05) is 0 Å². The third-order valence-electron chi connectivity index (χ3n) is 5.89. The molecule has 2 fully saturated rings. The average molecular weight is 352 g/mol. The first-order chi connectivity index (χ1) is 12.6. The first-order valence-electron chi connectivity index (χ1n) is 9.01. The molecule has 2 bridgehead atoms.